The van der Waals surface area contributed by atoms with E-state index in [1.165, 1.54) is 36.0 Å². The van der Waals surface area contributed by atoms with Crippen LogP contribution in [0.25, 0.3) is 5.78 Å². The highest BCUT2D eigenvalue weighted by Gasteiger charge is 2.33. The maximum Gasteiger partial charge on any atom is 0.416 e. The van der Waals surface area contributed by atoms with E-state index in [0.717, 1.165) is 16.7 Å². The number of carbonyl (C=O) groups is 1. The molecule has 0 N–H and O–H groups in total. The number of aryl methyl sites for hydroxylation is 1. The zero-order valence-electron chi connectivity index (χ0n) is 13.4. The minimum atomic E-state index is -4.48. The fourth-order valence-corrected chi connectivity index (χ4v) is 2.43. The Morgan fingerprint density at radius 1 is 1.24 bits per heavy atom. The van der Waals surface area contributed by atoms with Gasteiger partial charge >= 0.3 is 6.18 Å². The van der Waals surface area contributed by atoms with Gasteiger partial charge in [0.15, 0.2) is 0 Å². The first-order valence-corrected chi connectivity index (χ1v) is 7.36. The van der Waals surface area contributed by atoms with Gasteiger partial charge in [-0.25, -0.2) is 9.50 Å². The van der Waals surface area contributed by atoms with Crippen molar-refractivity contribution in [1.82, 2.24) is 24.5 Å². The first-order chi connectivity index (χ1) is 11.8. The van der Waals surface area contributed by atoms with Crippen LogP contribution in [0.4, 0.5) is 13.2 Å². The van der Waals surface area contributed by atoms with Crippen LogP contribution in [-0.4, -0.2) is 37.4 Å². The molecule has 130 valence electrons. The van der Waals surface area contributed by atoms with Crippen molar-refractivity contribution in [3.8, 4) is 0 Å². The zero-order valence-corrected chi connectivity index (χ0v) is 13.4. The van der Waals surface area contributed by atoms with E-state index in [0.29, 0.717) is 0 Å². The first kappa shape index (κ1) is 16.9. The van der Waals surface area contributed by atoms with Crippen molar-refractivity contribution < 1.29 is 18.0 Å². The quantitative estimate of drug-likeness (QED) is 0.729. The maximum atomic E-state index is 13.1. The molecule has 0 saturated heterocycles. The minimum Gasteiger partial charge on any atom is -0.335 e. The summed E-state index contributed by atoms with van der Waals surface area (Å²) >= 11 is 0. The van der Waals surface area contributed by atoms with Gasteiger partial charge in [0.05, 0.1) is 5.56 Å². The molecule has 0 aliphatic heterocycles. The van der Waals surface area contributed by atoms with Gasteiger partial charge in [-0.2, -0.15) is 18.2 Å². The number of amides is 1. The van der Waals surface area contributed by atoms with E-state index in [9.17, 15) is 18.0 Å². The second-order valence-electron chi connectivity index (χ2n) is 5.55. The molecule has 0 aliphatic rings. The number of hydrogen-bond donors (Lipinski definition) is 0. The van der Waals surface area contributed by atoms with Crippen molar-refractivity contribution >= 4 is 11.7 Å². The Morgan fingerprint density at radius 3 is 2.64 bits per heavy atom. The van der Waals surface area contributed by atoms with Crippen molar-refractivity contribution in [2.24, 2.45) is 0 Å². The normalized spacial score (nSPS) is 11.7. The van der Waals surface area contributed by atoms with Crippen LogP contribution in [0, 0.1) is 6.92 Å². The van der Waals surface area contributed by atoms with Crippen LogP contribution >= 0.6 is 0 Å². The van der Waals surface area contributed by atoms with Gasteiger partial charge in [0.1, 0.15) is 0 Å². The molecule has 2 aromatic heterocycles. The van der Waals surface area contributed by atoms with Crippen molar-refractivity contribution in [3.05, 3.63) is 59.2 Å². The Labute approximate surface area is 140 Å². The molecule has 1 aromatic carbocycles. The topological polar surface area (TPSA) is 63.4 Å². The van der Waals surface area contributed by atoms with E-state index in [-0.39, 0.29) is 23.7 Å². The lowest BCUT2D eigenvalue weighted by Gasteiger charge is -2.19. The van der Waals surface area contributed by atoms with Crippen molar-refractivity contribution in [2.45, 2.75) is 19.6 Å². The summed E-state index contributed by atoms with van der Waals surface area (Å²) in [5.74, 6) is -0.442. The molecular formula is C16H14F3N5O. The predicted octanol–water partition coefficient (Wildman–Crippen LogP) is 2.72. The van der Waals surface area contributed by atoms with Crippen molar-refractivity contribution in [1.29, 1.82) is 0 Å². The van der Waals surface area contributed by atoms with Gasteiger partial charge in [-0.3, -0.25) is 4.79 Å². The molecule has 1 amide bonds. The summed E-state index contributed by atoms with van der Waals surface area (Å²) in [7, 11) is 1.40. The molecule has 3 rings (SSSR count). The van der Waals surface area contributed by atoms with Crippen LogP contribution in [-0.2, 0) is 12.7 Å². The van der Waals surface area contributed by atoms with E-state index < -0.39 is 17.6 Å². The maximum absolute atomic E-state index is 13.1. The van der Waals surface area contributed by atoms with Crippen LogP contribution in [0.1, 0.15) is 27.4 Å². The number of aromatic nitrogens is 4. The van der Waals surface area contributed by atoms with Gasteiger partial charge < -0.3 is 4.90 Å². The number of halogens is 3. The molecule has 25 heavy (non-hydrogen) atoms. The molecule has 0 saturated carbocycles. The largest absolute Gasteiger partial charge is 0.416 e. The highest BCUT2D eigenvalue weighted by molar-refractivity contribution is 5.90. The highest BCUT2D eigenvalue weighted by atomic mass is 19.4. The SMILES string of the molecule is Cc1ccnc2nc(C(=O)N(C)Cc3ccccc3C(F)(F)F)nn12. The molecule has 0 unspecified atom stereocenters. The van der Waals surface area contributed by atoms with Crippen LogP contribution < -0.4 is 0 Å². The summed E-state index contributed by atoms with van der Waals surface area (Å²) < 4.78 is 40.6. The standard InChI is InChI=1S/C16H14F3N5O/c1-10-7-8-20-15-21-13(22-24(10)15)14(25)23(2)9-11-5-3-4-6-12(11)16(17,18)19/h3-8H,9H2,1-2H3. The van der Waals surface area contributed by atoms with Gasteiger partial charge in [-0.15, -0.1) is 5.10 Å². The van der Waals surface area contributed by atoms with E-state index >= 15 is 0 Å². The molecule has 0 fully saturated rings. The predicted molar refractivity (Wildman–Crippen MR) is 82.8 cm³/mol. The lowest BCUT2D eigenvalue weighted by molar-refractivity contribution is -0.138. The molecular weight excluding hydrogens is 335 g/mol. The van der Waals surface area contributed by atoms with Crippen LogP contribution in [0.3, 0.4) is 0 Å². The fraction of sp³-hybridized carbons (Fsp3) is 0.250. The summed E-state index contributed by atoms with van der Waals surface area (Å²) in [4.78, 5) is 21.7. The van der Waals surface area contributed by atoms with Gasteiger partial charge in [0.25, 0.3) is 11.7 Å². The number of fused-ring (bicyclic) bond motifs is 1. The summed E-state index contributed by atoms with van der Waals surface area (Å²) in [6.07, 6.45) is -2.94. The Balaban J connectivity index is 1.87. The molecule has 2 heterocycles. The van der Waals surface area contributed by atoms with Crippen LogP contribution in [0.15, 0.2) is 36.5 Å². The number of rotatable bonds is 3. The molecule has 0 bridgehead atoms. The Kier molecular flexibility index (Phi) is 4.15. The molecule has 0 radical (unpaired) electrons. The van der Waals surface area contributed by atoms with E-state index in [4.69, 9.17) is 0 Å². The van der Waals surface area contributed by atoms with Gasteiger partial charge in [0.2, 0.25) is 5.82 Å². The zero-order chi connectivity index (χ0) is 18.2. The third kappa shape index (κ3) is 3.30. The average Bonchev–Trinajstić information content (AvgIpc) is 2.99. The van der Waals surface area contributed by atoms with Gasteiger partial charge in [-0.05, 0) is 24.6 Å². The monoisotopic (exact) mass is 349 g/mol. The van der Waals surface area contributed by atoms with E-state index in [1.807, 2.05) is 0 Å². The molecule has 0 atom stereocenters. The molecule has 3 aromatic rings. The highest BCUT2D eigenvalue weighted by Crippen LogP contribution is 2.32. The molecule has 0 spiro atoms. The van der Waals surface area contributed by atoms with Gasteiger partial charge in [0, 0.05) is 25.5 Å². The average molecular weight is 349 g/mol. The Morgan fingerprint density at radius 2 is 1.96 bits per heavy atom. The number of carbonyl (C=O) groups excluding carboxylic acids is 1. The Bertz CT molecular complexity index is 935. The number of hydrogen-bond acceptors (Lipinski definition) is 4. The first-order valence-electron chi connectivity index (χ1n) is 7.36. The summed E-state index contributed by atoms with van der Waals surface area (Å²) in [6.45, 7) is 1.57. The Hall–Kier alpha value is -2.97. The number of alkyl halides is 3. The molecule has 0 aliphatic carbocycles. The summed E-state index contributed by atoms with van der Waals surface area (Å²) in [5.41, 5.74) is -0.0272. The summed E-state index contributed by atoms with van der Waals surface area (Å²) in [5, 5.41) is 4.08. The third-order valence-electron chi connectivity index (χ3n) is 3.70. The van der Waals surface area contributed by atoms with E-state index in [2.05, 4.69) is 15.1 Å². The lowest BCUT2D eigenvalue weighted by Crippen LogP contribution is -2.28. The van der Waals surface area contributed by atoms with Crippen molar-refractivity contribution in [2.75, 3.05) is 7.05 Å². The molecule has 9 heteroatoms. The number of nitrogens with zero attached hydrogens (tertiary/aromatic N) is 5. The second kappa shape index (κ2) is 6.15. The minimum absolute atomic E-state index is 0.00363. The second-order valence-corrected chi connectivity index (χ2v) is 5.55. The molecule has 6 nitrogen and oxygen atoms in total. The smallest absolute Gasteiger partial charge is 0.335 e. The lowest BCUT2D eigenvalue weighted by atomic mass is 10.1. The van der Waals surface area contributed by atoms with Gasteiger partial charge in [-0.1, -0.05) is 18.2 Å². The van der Waals surface area contributed by atoms with E-state index in [1.54, 1.807) is 13.0 Å². The number of benzene rings is 1. The third-order valence-corrected chi connectivity index (χ3v) is 3.70. The van der Waals surface area contributed by atoms with Crippen molar-refractivity contribution in [3.63, 3.8) is 0 Å². The van der Waals surface area contributed by atoms with Crippen LogP contribution in [0.2, 0.25) is 0 Å². The fourth-order valence-electron chi connectivity index (χ4n) is 2.43. The van der Waals surface area contributed by atoms with Crippen LogP contribution in [0.5, 0.6) is 0 Å². The summed E-state index contributed by atoms with van der Waals surface area (Å²) in [6, 6.07) is 6.85.